The molecular weight excluding hydrogens is 418 g/mol. The summed E-state index contributed by atoms with van der Waals surface area (Å²) in [6, 6.07) is 11.1. The van der Waals surface area contributed by atoms with Crippen molar-refractivity contribution in [2.75, 3.05) is 14.2 Å². The van der Waals surface area contributed by atoms with Gasteiger partial charge >= 0.3 is 0 Å². The highest BCUT2D eigenvalue weighted by Crippen LogP contribution is 2.41. The Morgan fingerprint density at radius 1 is 1.12 bits per heavy atom. The van der Waals surface area contributed by atoms with E-state index in [9.17, 15) is 0 Å². The summed E-state index contributed by atoms with van der Waals surface area (Å²) in [5, 5.41) is 0.674. The first kappa shape index (κ1) is 18.5. The van der Waals surface area contributed by atoms with Gasteiger partial charge in [0, 0.05) is 17.0 Å². The molecule has 1 aliphatic rings. The number of ether oxygens (including phenoxy) is 3. The number of benzene rings is 2. The van der Waals surface area contributed by atoms with Gasteiger partial charge in [0.15, 0.2) is 11.5 Å². The molecular formula is C20H17BrClNO3. The van der Waals surface area contributed by atoms with E-state index in [1.807, 2.05) is 30.3 Å². The van der Waals surface area contributed by atoms with E-state index in [4.69, 9.17) is 25.8 Å². The average molecular weight is 435 g/mol. The number of methoxy groups -OCH3 is 2. The van der Waals surface area contributed by atoms with Crippen LogP contribution in [0.5, 0.6) is 11.5 Å². The van der Waals surface area contributed by atoms with Gasteiger partial charge in [-0.1, -0.05) is 18.2 Å². The molecule has 0 aromatic heterocycles. The predicted molar refractivity (Wildman–Crippen MR) is 109 cm³/mol. The SMILES string of the molecule is C=C1OC(c2ccc(OC)c(OC)c2Br)=CCC1=Nc1ccc(Cl)cc1. The molecule has 0 unspecified atom stereocenters. The van der Waals surface area contributed by atoms with Crippen LogP contribution in [0.4, 0.5) is 5.69 Å². The highest BCUT2D eigenvalue weighted by atomic mass is 79.9. The Labute approximate surface area is 165 Å². The van der Waals surface area contributed by atoms with E-state index >= 15 is 0 Å². The van der Waals surface area contributed by atoms with Crippen LogP contribution in [-0.2, 0) is 4.74 Å². The largest absolute Gasteiger partial charge is 0.493 e. The van der Waals surface area contributed by atoms with Gasteiger partial charge in [-0.05, 0) is 58.4 Å². The second-order valence-corrected chi connectivity index (χ2v) is 6.72. The third-order valence-electron chi connectivity index (χ3n) is 3.88. The summed E-state index contributed by atoms with van der Waals surface area (Å²) in [4.78, 5) is 4.58. The number of allylic oxidation sites excluding steroid dienone is 2. The van der Waals surface area contributed by atoms with Crippen LogP contribution in [0, 0.1) is 0 Å². The molecule has 0 aliphatic carbocycles. The lowest BCUT2D eigenvalue weighted by Gasteiger charge is -2.21. The maximum Gasteiger partial charge on any atom is 0.175 e. The molecule has 0 saturated carbocycles. The fourth-order valence-corrected chi connectivity index (χ4v) is 3.37. The number of nitrogens with zero attached hydrogens (tertiary/aromatic N) is 1. The van der Waals surface area contributed by atoms with Gasteiger partial charge in [-0.15, -0.1) is 0 Å². The van der Waals surface area contributed by atoms with Gasteiger partial charge in [0.1, 0.15) is 11.5 Å². The molecule has 0 atom stereocenters. The molecule has 6 heteroatoms. The minimum absolute atomic E-state index is 0.513. The minimum atomic E-state index is 0.513. The quantitative estimate of drug-likeness (QED) is 0.578. The summed E-state index contributed by atoms with van der Waals surface area (Å²) >= 11 is 9.47. The molecule has 26 heavy (non-hydrogen) atoms. The van der Waals surface area contributed by atoms with Crippen LogP contribution >= 0.6 is 27.5 Å². The molecule has 0 saturated heterocycles. The van der Waals surface area contributed by atoms with Gasteiger partial charge < -0.3 is 14.2 Å². The summed E-state index contributed by atoms with van der Waals surface area (Å²) in [5.74, 6) is 2.46. The standard InChI is InChI=1S/C20H17BrClNO3/c1-12-16(23-14-6-4-13(22)5-7-14)9-11-17(26-12)15-8-10-18(24-2)20(25-3)19(15)21/h4-8,10-11H,1,9H2,2-3H3. The topological polar surface area (TPSA) is 40.0 Å². The van der Waals surface area contributed by atoms with Crippen molar-refractivity contribution in [1.29, 1.82) is 0 Å². The third-order valence-corrected chi connectivity index (χ3v) is 4.92. The highest BCUT2D eigenvalue weighted by molar-refractivity contribution is 9.10. The summed E-state index contributed by atoms with van der Waals surface area (Å²) < 4.78 is 17.4. The fourth-order valence-electron chi connectivity index (χ4n) is 2.56. The summed E-state index contributed by atoms with van der Waals surface area (Å²) in [7, 11) is 3.19. The third kappa shape index (κ3) is 3.79. The van der Waals surface area contributed by atoms with Crippen molar-refractivity contribution in [2.45, 2.75) is 6.42 Å². The Kier molecular flexibility index (Phi) is 5.69. The molecule has 4 nitrogen and oxygen atoms in total. The van der Waals surface area contributed by atoms with Crippen LogP contribution in [-0.4, -0.2) is 19.9 Å². The molecule has 3 rings (SSSR count). The Morgan fingerprint density at radius 2 is 1.85 bits per heavy atom. The van der Waals surface area contributed by atoms with Crippen LogP contribution in [0.3, 0.4) is 0 Å². The zero-order valence-electron chi connectivity index (χ0n) is 14.4. The van der Waals surface area contributed by atoms with Crippen LogP contribution < -0.4 is 9.47 Å². The predicted octanol–water partition coefficient (Wildman–Crippen LogP) is 6.17. The van der Waals surface area contributed by atoms with Crippen LogP contribution in [0.25, 0.3) is 5.76 Å². The first-order valence-corrected chi connectivity index (χ1v) is 9.02. The van der Waals surface area contributed by atoms with E-state index in [0.717, 1.165) is 21.4 Å². The van der Waals surface area contributed by atoms with E-state index in [1.165, 1.54) is 0 Å². The van der Waals surface area contributed by atoms with Crippen LogP contribution in [0.1, 0.15) is 12.0 Å². The number of halogens is 2. The zero-order valence-corrected chi connectivity index (χ0v) is 16.7. The second-order valence-electron chi connectivity index (χ2n) is 5.50. The van der Waals surface area contributed by atoms with Gasteiger partial charge in [-0.3, -0.25) is 0 Å². The first-order chi connectivity index (χ1) is 12.5. The van der Waals surface area contributed by atoms with E-state index < -0.39 is 0 Å². The zero-order chi connectivity index (χ0) is 18.7. The molecule has 1 aliphatic heterocycles. The van der Waals surface area contributed by atoms with Gasteiger partial charge in [0.25, 0.3) is 0 Å². The van der Waals surface area contributed by atoms with Crippen LogP contribution in [0.15, 0.2) is 64.3 Å². The van der Waals surface area contributed by atoms with Crippen molar-refractivity contribution in [3.05, 3.63) is 69.9 Å². The second kappa shape index (κ2) is 7.98. The van der Waals surface area contributed by atoms with Crippen molar-refractivity contribution in [1.82, 2.24) is 0 Å². The molecule has 0 bridgehead atoms. The van der Waals surface area contributed by atoms with E-state index in [2.05, 4.69) is 27.5 Å². The normalized spacial score (nSPS) is 15.5. The lowest BCUT2D eigenvalue weighted by Crippen LogP contribution is -2.10. The molecule has 2 aromatic rings. The summed E-state index contributed by atoms with van der Waals surface area (Å²) in [6.07, 6.45) is 2.58. The average Bonchev–Trinajstić information content (AvgIpc) is 2.64. The Hall–Kier alpha value is -2.24. The Balaban J connectivity index is 1.90. The summed E-state index contributed by atoms with van der Waals surface area (Å²) in [5.41, 5.74) is 2.43. The summed E-state index contributed by atoms with van der Waals surface area (Å²) in [6.45, 7) is 4.00. The van der Waals surface area contributed by atoms with Crippen molar-refractivity contribution in [3.8, 4) is 11.5 Å². The lowest BCUT2D eigenvalue weighted by atomic mass is 10.1. The Bertz CT molecular complexity index is 904. The fraction of sp³-hybridized carbons (Fsp3) is 0.150. The highest BCUT2D eigenvalue weighted by Gasteiger charge is 2.21. The number of hydrogen-bond acceptors (Lipinski definition) is 4. The van der Waals surface area contributed by atoms with E-state index in [-0.39, 0.29) is 0 Å². The van der Waals surface area contributed by atoms with Gasteiger partial charge in [0.05, 0.1) is 30.1 Å². The van der Waals surface area contributed by atoms with Gasteiger partial charge in [-0.25, -0.2) is 4.99 Å². The smallest absolute Gasteiger partial charge is 0.175 e. The molecule has 134 valence electrons. The molecule has 0 N–H and O–H groups in total. The molecule has 0 amide bonds. The van der Waals surface area contributed by atoms with Crippen molar-refractivity contribution < 1.29 is 14.2 Å². The lowest BCUT2D eigenvalue weighted by molar-refractivity contribution is 0.352. The Morgan fingerprint density at radius 3 is 2.46 bits per heavy atom. The van der Waals surface area contributed by atoms with Crippen LogP contribution in [0.2, 0.25) is 5.02 Å². The van der Waals surface area contributed by atoms with Gasteiger partial charge in [-0.2, -0.15) is 0 Å². The number of aliphatic imine (C=N–C) groups is 1. The molecule has 0 radical (unpaired) electrons. The molecule has 0 fully saturated rings. The molecule has 2 aromatic carbocycles. The maximum absolute atomic E-state index is 5.92. The van der Waals surface area contributed by atoms with Crippen molar-refractivity contribution in [3.63, 3.8) is 0 Å². The molecule has 0 spiro atoms. The van der Waals surface area contributed by atoms with Crippen molar-refractivity contribution >= 4 is 44.7 Å². The first-order valence-electron chi connectivity index (χ1n) is 7.84. The maximum atomic E-state index is 5.92. The number of rotatable bonds is 4. The molecule has 1 heterocycles. The minimum Gasteiger partial charge on any atom is -0.493 e. The van der Waals surface area contributed by atoms with Crippen molar-refractivity contribution in [2.24, 2.45) is 4.99 Å². The van der Waals surface area contributed by atoms with Gasteiger partial charge in [0.2, 0.25) is 0 Å². The number of hydrogen-bond donors (Lipinski definition) is 0. The monoisotopic (exact) mass is 433 g/mol. The van der Waals surface area contributed by atoms with E-state index in [1.54, 1.807) is 26.4 Å². The van der Waals surface area contributed by atoms with E-state index in [0.29, 0.717) is 34.5 Å².